The molecule has 0 aliphatic heterocycles. The van der Waals surface area contributed by atoms with E-state index in [0.717, 1.165) is 66.3 Å². The first-order chi connectivity index (χ1) is 16.9. The summed E-state index contributed by atoms with van der Waals surface area (Å²) in [7, 11) is 1.91. The van der Waals surface area contributed by atoms with Crippen molar-refractivity contribution in [3.8, 4) is 22.4 Å². The molecule has 7 nitrogen and oxygen atoms in total. The fraction of sp³-hybridized carbons (Fsp3) is 0.519. The third kappa shape index (κ3) is 7.71. The van der Waals surface area contributed by atoms with Crippen LogP contribution in [0.15, 0.2) is 35.9 Å². The van der Waals surface area contributed by atoms with Gasteiger partial charge >= 0.3 is 0 Å². The van der Waals surface area contributed by atoms with Crippen LogP contribution in [0.4, 0.5) is 0 Å². The lowest BCUT2D eigenvalue weighted by atomic mass is 10.1. The van der Waals surface area contributed by atoms with Crippen LogP contribution in [0, 0.1) is 11.3 Å². The van der Waals surface area contributed by atoms with Crippen LogP contribution in [-0.2, 0) is 0 Å². The number of nitrogens with zero attached hydrogens (tertiary/aromatic N) is 3. The maximum Gasteiger partial charge on any atom is 0.148 e. The van der Waals surface area contributed by atoms with Crippen molar-refractivity contribution < 1.29 is 9.84 Å². The highest BCUT2D eigenvalue weighted by atomic mass is 32.1. The predicted octanol–water partition coefficient (Wildman–Crippen LogP) is 4.70. The molecule has 1 aromatic heterocycles. The Balaban J connectivity index is 1.71. The van der Waals surface area contributed by atoms with E-state index >= 15 is 0 Å². The number of nitriles is 1. The van der Waals surface area contributed by atoms with Gasteiger partial charge in [0.15, 0.2) is 0 Å². The van der Waals surface area contributed by atoms with Gasteiger partial charge in [0.05, 0.1) is 17.8 Å². The van der Waals surface area contributed by atoms with Gasteiger partial charge < -0.3 is 20.5 Å². The fourth-order valence-electron chi connectivity index (χ4n) is 4.24. The highest BCUT2D eigenvalue weighted by Gasteiger charge is 2.23. The summed E-state index contributed by atoms with van der Waals surface area (Å²) in [5, 5.41) is 37.0. The highest BCUT2D eigenvalue weighted by Crippen LogP contribution is 2.36. The van der Waals surface area contributed by atoms with Gasteiger partial charge in [0.2, 0.25) is 0 Å². The molecule has 0 spiro atoms. The van der Waals surface area contributed by atoms with Gasteiger partial charge in [-0.05, 0) is 91.2 Å². The Morgan fingerprint density at radius 3 is 2.83 bits per heavy atom. The van der Waals surface area contributed by atoms with Crippen LogP contribution in [0.2, 0.25) is 0 Å². The zero-order valence-corrected chi connectivity index (χ0v) is 22.0. The lowest BCUT2D eigenvalue weighted by molar-refractivity contribution is 0.153. The Labute approximate surface area is 212 Å². The van der Waals surface area contributed by atoms with Gasteiger partial charge in [-0.15, -0.1) is 10.2 Å². The largest absolute Gasteiger partial charge is 0.490 e. The quantitative estimate of drug-likeness (QED) is 0.392. The molecule has 1 aliphatic carbocycles. The van der Waals surface area contributed by atoms with E-state index in [-0.39, 0.29) is 12.2 Å². The smallest absolute Gasteiger partial charge is 0.148 e. The molecule has 3 N–H and O–H groups in total. The summed E-state index contributed by atoms with van der Waals surface area (Å²) in [5.74, 6) is 0.590. The molecule has 0 amide bonds. The molecular formula is C27H37N5O2S. The molecule has 0 bridgehead atoms. The average molecular weight is 496 g/mol. The molecule has 1 aromatic carbocycles. The van der Waals surface area contributed by atoms with E-state index in [0.29, 0.717) is 17.4 Å². The van der Waals surface area contributed by atoms with Crippen LogP contribution in [0.3, 0.4) is 0 Å². The van der Waals surface area contributed by atoms with Gasteiger partial charge in [0.1, 0.15) is 21.8 Å². The third-order valence-electron chi connectivity index (χ3n) is 6.00. The molecule has 3 rings (SSSR count). The SMILES string of the molecule is C/C=C\C(=C1\CCC(NCCC(O)CCNC)C1)c1nnc(-c2ccc(OC(C)C)c(C#N)c2)s1. The van der Waals surface area contributed by atoms with Crippen LogP contribution < -0.4 is 15.4 Å². The molecule has 1 heterocycles. The van der Waals surface area contributed by atoms with Crippen LogP contribution in [-0.4, -0.2) is 53.7 Å². The summed E-state index contributed by atoms with van der Waals surface area (Å²) in [5.41, 5.74) is 3.90. The van der Waals surface area contributed by atoms with E-state index in [2.05, 4.69) is 33.0 Å². The molecule has 0 radical (unpaired) electrons. The van der Waals surface area contributed by atoms with Crippen molar-refractivity contribution in [3.63, 3.8) is 0 Å². The standard InChI is InChI=1S/C27H37N5O2S/c1-5-6-24(19-7-9-22(16-19)30-14-12-23(33)11-13-29-4)27-32-31-26(35-27)20-8-10-25(34-18(2)3)21(15-20)17-28/h5-6,8,10,15,18,22-23,29-30,33H,7,9,11-14,16H2,1-4H3/b6-5-,24-19+. The Morgan fingerprint density at radius 2 is 2.11 bits per heavy atom. The second-order valence-corrected chi connectivity index (χ2v) is 10.1. The summed E-state index contributed by atoms with van der Waals surface area (Å²) in [6.07, 6.45) is 8.54. The first kappa shape index (κ1) is 27.0. The van der Waals surface area contributed by atoms with Crippen molar-refractivity contribution in [1.82, 2.24) is 20.8 Å². The molecule has 2 unspecified atom stereocenters. The summed E-state index contributed by atoms with van der Waals surface area (Å²) in [6.45, 7) is 7.57. The number of aromatic nitrogens is 2. The lowest BCUT2D eigenvalue weighted by Crippen LogP contribution is -2.30. The van der Waals surface area contributed by atoms with E-state index in [1.54, 1.807) is 11.3 Å². The molecule has 1 saturated carbocycles. The van der Waals surface area contributed by atoms with Crippen molar-refractivity contribution in [3.05, 3.63) is 46.5 Å². The number of ether oxygens (including phenoxy) is 1. The van der Waals surface area contributed by atoms with Crippen molar-refractivity contribution in [2.24, 2.45) is 0 Å². The molecule has 188 valence electrons. The van der Waals surface area contributed by atoms with Gasteiger partial charge in [0.25, 0.3) is 0 Å². The second-order valence-electron chi connectivity index (χ2n) is 9.15. The average Bonchev–Trinajstić information content (AvgIpc) is 3.51. The van der Waals surface area contributed by atoms with E-state index in [4.69, 9.17) is 4.74 Å². The Morgan fingerprint density at radius 1 is 1.31 bits per heavy atom. The van der Waals surface area contributed by atoms with E-state index in [1.165, 1.54) is 5.57 Å². The predicted molar refractivity (Wildman–Crippen MR) is 142 cm³/mol. The van der Waals surface area contributed by atoms with Gasteiger partial charge in [0, 0.05) is 17.2 Å². The lowest BCUT2D eigenvalue weighted by Gasteiger charge is -2.14. The number of hydrogen-bond acceptors (Lipinski definition) is 8. The molecule has 1 aliphatic rings. The summed E-state index contributed by atoms with van der Waals surface area (Å²) < 4.78 is 5.74. The fourth-order valence-corrected chi connectivity index (χ4v) is 5.15. The third-order valence-corrected chi connectivity index (χ3v) is 7.01. The van der Waals surface area contributed by atoms with E-state index in [1.807, 2.05) is 52.1 Å². The Bertz CT molecular complexity index is 1070. The maximum absolute atomic E-state index is 10.1. The molecule has 2 atom stereocenters. The van der Waals surface area contributed by atoms with Crippen molar-refractivity contribution in [2.75, 3.05) is 20.1 Å². The molecule has 8 heteroatoms. The number of aliphatic hydroxyl groups excluding tert-OH is 1. The second kappa shape index (κ2) is 13.5. The summed E-state index contributed by atoms with van der Waals surface area (Å²) >= 11 is 1.55. The Hall–Kier alpha value is -2.57. The van der Waals surface area contributed by atoms with Gasteiger partial charge in [-0.25, -0.2) is 0 Å². The molecule has 0 saturated heterocycles. The monoisotopic (exact) mass is 495 g/mol. The zero-order chi connectivity index (χ0) is 25.2. The van der Waals surface area contributed by atoms with Crippen molar-refractivity contribution in [1.29, 1.82) is 5.26 Å². The minimum atomic E-state index is -0.266. The Kier molecular flexibility index (Phi) is 10.4. The van der Waals surface area contributed by atoms with Crippen LogP contribution in [0.25, 0.3) is 16.1 Å². The van der Waals surface area contributed by atoms with Crippen LogP contribution >= 0.6 is 11.3 Å². The number of nitrogens with one attached hydrogen (secondary N) is 2. The number of allylic oxidation sites excluding steroid dienone is 3. The molecule has 2 aromatic rings. The first-order valence-electron chi connectivity index (χ1n) is 12.4. The molecule has 1 fully saturated rings. The number of aliphatic hydroxyl groups is 1. The van der Waals surface area contributed by atoms with E-state index < -0.39 is 0 Å². The summed E-state index contributed by atoms with van der Waals surface area (Å²) in [4.78, 5) is 0. The molecular weight excluding hydrogens is 458 g/mol. The van der Waals surface area contributed by atoms with Crippen molar-refractivity contribution >= 4 is 16.9 Å². The maximum atomic E-state index is 10.1. The minimum Gasteiger partial charge on any atom is -0.490 e. The van der Waals surface area contributed by atoms with Crippen molar-refractivity contribution in [2.45, 2.75) is 71.1 Å². The van der Waals surface area contributed by atoms with Crippen LogP contribution in [0.1, 0.15) is 63.4 Å². The number of benzene rings is 1. The summed E-state index contributed by atoms with van der Waals surface area (Å²) in [6, 6.07) is 8.24. The van der Waals surface area contributed by atoms with Gasteiger partial charge in [-0.3, -0.25) is 0 Å². The number of rotatable bonds is 12. The van der Waals surface area contributed by atoms with Crippen LogP contribution in [0.5, 0.6) is 5.75 Å². The normalized spacial score (nSPS) is 18.3. The highest BCUT2D eigenvalue weighted by molar-refractivity contribution is 7.15. The van der Waals surface area contributed by atoms with Gasteiger partial charge in [-0.1, -0.05) is 29.1 Å². The first-order valence-corrected chi connectivity index (χ1v) is 13.2. The molecule has 35 heavy (non-hydrogen) atoms. The van der Waals surface area contributed by atoms with Gasteiger partial charge in [-0.2, -0.15) is 5.26 Å². The minimum absolute atomic E-state index is 0.00393. The number of hydrogen-bond donors (Lipinski definition) is 3. The zero-order valence-electron chi connectivity index (χ0n) is 21.2. The topological polar surface area (TPSA) is 103 Å². The van der Waals surface area contributed by atoms with E-state index in [9.17, 15) is 10.4 Å².